The zero-order valence-electron chi connectivity index (χ0n) is 24.1. The van der Waals surface area contributed by atoms with Crippen molar-refractivity contribution in [2.75, 3.05) is 13.1 Å². The Labute approximate surface area is 263 Å². The Hall–Kier alpha value is -1.25. The van der Waals surface area contributed by atoms with Gasteiger partial charge < -0.3 is 30.5 Å². The van der Waals surface area contributed by atoms with Gasteiger partial charge in [0.2, 0.25) is 23.6 Å². The van der Waals surface area contributed by atoms with Crippen LogP contribution in [-0.2, 0) is 29.3 Å². The first-order chi connectivity index (χ1) is 18.8. The van der Waals surface area contributed by atoms with Crippen molar-refractivity contribution in [2.24, 2.45) is 35.0 Å². The van der Waals surface area contributed by atoms with E-state index in [1.165, 1.54) is 4.90 Å². The molecule has 224 valence electrons. The van der Waals surface area contributed by atoms with Crippen LogP contribution < -0.4 is 45.5 Å². The third-order valence-corrected chi connectivity index (χ3v) is 11.0. The van der Waals surface area contributed by atoms with Gasteiger partial charge in [0, 0.05) is 24.9 Å². The van der Waals surface area contributed by atoms with Crippen molar-refractivity contribution in [2.45, 2.75) is 95.2 Å². The summed E-state index contributed by atoms with van der Waals surface area (Å²) >= 11 is 0. The largest absolute Gasteiger partial charge is 1.00 e. The number of amides is 4. The van der Waals surface area contributed by atoms with Gasteiger partial charge in [0.1, 0.15) is 22.2 Å². The van der Waals surface area contributed by atoms with Crippen LogP contribution in [0.15, 0.2) is 0 Å². The second-order valence-corrected chi connectivity index (χ2v) is 14.5. The number of nitrogens with one attached hydrogen (secondary N) is 3. The van der Waals surface area contributed by atoms with Gasteiger partial charge in [-0.25, -0.2) is 8.42 Å². The summed E-state index contributed by atoms with van der Waals surface area (Å²) in [6.45, 7) is 4.72. The van der Waals surface area contributed by atoms with E-state index in [1.54, 1.807) is 0 Å². The summed E-state index contributed by atoms with van der Waals surface area (Å²) in [5.41, 5.74) is -2.67. The molecule has 0 bridgehead atoms. The van der Waals surface area contributed by atoms with Gasteiger partial charge in [0.25, 0.3) is 0 Å². The Balaban J connectivity index is 0.00000387. The average molecular weight is 605 g/mol. The Kier molecular flexibility index (Phi) is 9.87. The van der Waals surface area contributed by atoms with Crippen LogP contribution in [0.1, 0.15) is 71.6 Å². The van der Waals surface area contributed by atoms with E-state index in [1.807, 2.05) is 13.8 Å². The first-order valence-electron chi connectivity index (χ1n) is 14.6. The number of piperidine rings is 1. The fourth-order valence-electron chi connectivity index (χ4n) is 7.35. The van der Waals surface area contributed by atoms with Gasteiger partial charge in [0.05, 0.1) is 6.04 Å². The molecule has 4 amide bonds. The van der Waals surface area contributed by atoms with Crippen LogP contribution in [-0.4, -0.2) is 83.3 Å². The maximum absolute atomic E-state index is 14.1. The van der Waals surface area contributed by atoms with E-state index in [9.17, 15) is 37.3 Å². The minimum atomic E-state index is -5.20. The van der Waals surface area contributed by atoms with Crippen molar-refractivity contribution in [3.8, 4) is 0 Å². The van der Waals surface area contributed by atoms with Crippen LogP contribution in [0.25, 0.3) is 0 Å². The second-order valence-electron chi connectivity index (χ2n) is 13.1. The van der Waals surface area contributed by atoms with Crippen molar-refractivity contribution < 1.29 is 66.8 Å². The molecule has 4 N–H and O–H groups in total. The summed E-state index contributed by atoms with van der Waals surface area (Å²) in [6, 6.07) is -3.20. The second kappa shape index (κ2) is 12.4. The summed E-state index contributed by atoms with van der Waals surface area (Å²) in [4.78, 5) is 54.4. The number of carbonyl (C=O) groups excluding carboxylic acids is 4. The summed E-state index contributed by atoms with van der Waals surface area (Å²) in [5.74, 6) is -2.36. The normalized spacial score (nSPS) is 31.2. The van der Waals surface area contributed by atoms with Crippen molar-refractivity contribution in [3.05, 3.63) is 0 Å². The Morgan fingerprint density at radius 2 is 1.73 bits per heavy atom. The minimum Gasteiger partial charge on any atom is -0.746 e. The van der Waals surface area contributed by atoms with Crippen LogP contribution in [0.3, 0.4) is 0 Å². The number of aliphatic hydroxyl groups excluding tert-OH is 1. The summed E-state index contributed by atoms with van der Waals surface area (Å²) in [6.07, 6.45) is 6.39. The zero-order valence-corrected chi connectivity index (χ0v) is 27.0. The van der Waals surface area contributed by atoms with Gasteiger partial charge in [0.15, 0.2) is 5.44 Å². The zero-order chi connectivity index (χ0) is 29.0. The molecule has 41 heavy (non-hydrogen) atoms. The molecule has 2 heterocycles. The van der Waals surface area contributed by atoms with Crippen molar-refractivity contribution in [1.29, 1.82) is 0 Å². The predicted molar refractivity (Wildman–Crippen MR) is 141 cm³/mol. The summed E-state index contributed by atoms with van der Waals surface area (Å²) < 4.78 is 35.2. The summed E-state index contributed by atoms with van der Waals surface area (Å²) in [7, 11) is -5.20. The van der Waals surface area contributed by atoms with Crippen LogP contribution in [0.4, 0.5) is 0 Å². The molecule has 0 aromatic rings. The number of hydrogen-bond donors (Lipinski definition) is 4. The molecule has 12 nitrogen and oxygen atoms in total. The van der Waals surface area contributed by atoms with Crippen LogP contribution in [0.2, 0.25) is 0 Å². The van der Waals surface area contributed by atoms with Gasteiger partial charge in [-0.2, -0.15) is 0 Å². The average Bonchev–Trinajstić information content (AvgIpc) is 3.72. The van der Waals surface area contributed by atoms with Crippen molar-refractivity contribution in [1.82, 2.24) is 20.9 Å². The van der Waals surface area contributed by atoms with E-state index < -0.39 is 45.5 Å². The standard InChI is InChI=1S/C27H42N4O8S.Na/c1-27(2)17-13-31(25(35)20(14-6-4-3-5-7-14)30-23(33)15-8-9-15)21(19(17)27)24(34)29-18(26(36)40(37,38)39)12-16-10-11-28-22(16)32;/h14-21,26,36H,3-13H2,1-2H3,(H,28,32)(H,29,34)(H,30,33)(H,37,38,39);/q;+1/p-1/t16-,17-,18-,19-,20-,21-,26?;/m0./s1. The van der Waals surface area contributed by atoms with E-state index in [0.717, 1.165) is 44.9 Å². The Bertz CT molecular complexity index is 1160. The van der Waals surface area contributed by atoms with E-state index >= 15 is 0 Å². The maximum Gasteiger partial charge on any atom is 1.00 e. The molecule has 2 aliphatic heterocycles. The molecule has 0 aromatic heterocycles. The quantitative estimate of drug-likeness (QED) is 0.149. The van der Waals surface area contributed by atoms with Gasteiger partial charge in [-0.15, -0.1) is 0 Å². The number of aliphatic hydroxyl groups is 1. The number of hydrogen-bond acceptors (Lipinski definition) is 8. The first kappa shape index (κ1) is 32.7. The molecule has 5 aliphatic rings. The molecular weight excluding hydrogens is 563 g/mol. The topological polar surface area (TPSA) is 185 Å². The number of rotatable bonds is 10. The number of likely N-dealkylation sites (tertiary alicyclic amines) is 1. The Morgan fingerprint density at radius 1 is 1.07 bits per heavy atom. The van der Waals surface area contributed by atoms with Crippen molar-refractivity contribution >= 4 is 33.7 Å². The molecule has 5 fully saturated rings. The van der Waals surface area contributed by atoms with Crippen LogP contribution >= 0.6 is 0 Å². The molecule has 0 spiro atoms. The molecule has 3 aliphatic carbocycles. The molecule has 0 radical (unpaired) electrons. The van der Waals surface area contributed by atoms with E-state index in [4.69, 9.17) is 0 Å². The van der Waals surface area contributed by atoms with E-state index in [2.05, 4.69) is 16.0 Å². The smallest absolute Gasteiger partial charge is 0.746 e. The Morgan fingerprint density at radius 3 is 2.29 bits per heavy atom. The van der Waals surface area contributed by atoms with Crippen LogP contribution in [0, 0.1) is 35.0 Å². The molecule has 3 saturated carbocycles. The molecule has 1 unspecified atom stereocenters. The molecule has 0 aromatic carbocycles. The SMILES string of the molecule is CC1(C)[C@@H]2[C@@H](C(=O)N[C@@H](C[C@@H]3CCNC3=O)C(O)S(=O)(=O)[O-])N(C(=O)[C@@H](NC(=O)C3CC3)C3CCCCC3)C[C@@H]21.[Na+]. The number of fused-ring (bicyclic) bond motifs is 1. The van der Waals surface area contributed by atoms with Gasteiger partial charge in [-0.3, -0.25) is 19.2 Å². The molecule has 5 rings (SSSR count). The fourth-order valence-corrected chi connectivity index (χ4v) is 7.93. The van der Waals surface area contributed by atoms with Gasteiger partial charge in [-0.1, -0.05) is 33.1 Å². The first-order valence-corrected chi connectivity index (χ1v) is 16.1. The molecule has 7 atom stereocenters. The monoisotopic (exact) mass is 604 g/mol. The fraction of sp³-hybridized carbons (Fsp3) is 0.852. The van der Waals surface area contributed by atoms with Crippen LogP contribution in [0.5, 0.6) is 0 Å². The van der Waals surface area contributed by atoms with Gasteiger partial charge >= 0.3 is 29.6 Å². The molecular formula is C27H41N4NaO8S. The van der Waals surface area contributed by atoms with Crippen molar-refractivity contribution in [3.63, 3.8) is 0 Å². The van der Waals surface area contributed by atoms with Gasteiger partial charge in [-0.05, 0) is 61.7 Å². The summed E-state index contributed by atoms with van der Waals surface area (Å²) in [5, 5.41) is 18.6. The third kappa shape index (κ3) is 6.80. The van der Waals surface area contributed by atoms with E-state index in [-0.39, 0.29) is 82.8 Å². The molecule has 2 saturated heterocycles. The molecule has 14 heteroatoms. The third-order valence-electron chi connectivity index (χ3n) is 10.1. The number of carbonyl (C=O) groups is 4. The van der Waals surface area contributed by atoms with E-state index in [0.29, 0.717) is 19.5 Å². The minimum absolute atomic E-state index is 0. The number of nitrogens with zero attached hydrogens (tertiary/aromatic N) is 1. The maximum atomic E-state index is 14.1. The predicted octanol–water partition coefficient (Wildman–Crippen LogP) is -3.18.